The summed E-state index contributed by atoms with van der Waals surface area (Å²) in [4.78, 5) is 14.6. The van der Waals surface area contributed by atoms with E-state index in [9.17, 15) is 13.5 Å². The van der Waals surface area contributed by atoms with Crippen LogP contribution in [0.4, 0.5) is 5.82 Å². The molecule has 3 aromatic rings. The minimum atomic E-state index is -3.93. The van der Waals surface area contributed by atoms with Crippen molar-refractivity contribution in [1.29, 1.82) is 0 Å². The normalized spacial score (nSPS) is 12.3. The molecular weight excluding hydrogens is 404 g/mol. The Kier molecular flexibility index (Phi) is 6.00. The summed E-state index contributed by atoms with van der Waals surface area (Å²) in [5.74, 6) is 0.378. The van der Waals surface area contributed by atoms with Crippen molar-refractivity contribution >= 4 is 15.8 Å². The summed E-state index contributed by atoms with van der Waals surface area (Å²) in [7, 11) is -3.93. The molecule has 0 radical (unpaired) electrons. The van der Waals surface area contributed by atoms with Crippen molar-refractivity contribution in [3.8, 4) is 22.4 Å². The standard InChI is InChI=1S/C21H26N4O4S/c1-13-5-7-16(30(27,28)25-29-12-21(3,4)26)10-17(13)15-9-18(20(22)23-11-15)19-8-6-14(2)24-19/h5-11,24-26H,12H2,1-4H3,(H2,22,23). The van der Waals surface area contributed by atoms with Gasteiger partial charge in [0.25, 0.3) is 10.0 Å². The zero-order valence-corrected chi connectivity index (χ0v) is 18.2. The molecular formula is C21H26N4O4S. The number of benzene rings is 1. The smallest absolute Gasteiger partial charge is 0.262 e. The Labute approximate surface area is 176 Å². The number of sulfonamides is 1. The van der Waals surface area contributed by atoms with Crippen LogP contribution in [-0.2, 0) is 14.9 Å². The Morgan fingerprint density at radius 1 is 1.17 bits per heavy atom. The minimum absolute atomic E-state index is 0.0351. The van der Waals surface area contributed by atoms with Gasteiger partial charge in [-0.25, -0.2) is 13.4 Å². The summed E-state index contributed by atoms with van der Waals surface area (Å²) in [5.41, 5.74) is 9.79. The lowest BCUT2D eigenvalue weighted by Crippen LogP contribution is -2.33. The number of nitrogen functional groups attached to an aromatic ring is 1. The van der Waals surface area contributed by atoms with Gasteiger partial charge in [-0.1, -0.05) is 11.0 Å². The van der Waals surface area contributed by atoms with Crippen LogP contribution in [-0.4, -0.2) is 35.7 Å². The first-order valence-electron chi connectivity index (χ1n) is 9.35. The van der Waals surface area contributed by atoms with E-state index in [0.717, 1.165) is 28.1 Å². The van der Waals surface area contributed by atoms with E-state index in [-0.39, 0.29) is 11.5 Å². The van der Waals surface area contributed by atoms with E-state index in [4.69, 9.17) is 10.6 Å². The third kappa shape index (κ3) is 5.06. The predicted octanol–water partition coefficient (Wildman–Crippen LogP) is 2.92. The molecule has 0 amide bonds. The molecule has 1 aromatic carbocycles. The number of aromatic nitrogens is 2. The molecule has 0 bridgehead atoms. The topological polar surface area (TPSA) is 130 Å². The van der Waals surface area contributed by atoms with Crippen LogP contribution in [0.2, 0.25) is 0 Å². The van der Waals surface area contributed by atoms with Crippen LogP contribution in [0.15, 0.2) is 47.5 Å². The van der Waals surface area contributed by atoms with Crippen molar-refractivity contribution in [3.63, 3.8) is 0 Å². The largest absolute Gasteiger partial charge is 0.388 e. The Bertz CT molecular complexity index is 1160. The number of aryl methyl sites for hydroxylation is 2. The highest BCUT2D eigenvalue weighted by atomic mass is 32.2. The van der Waals surface area contributed by atoms with Crippen molar-refractivity contribution in [1.82, 2.24) is 14.9 Å². The third-order valence-corrected chi connectivity index (χ3v) is 5.68. The maximum atomic E-state index is 12.6. The average molecular weight is 431 g/mol. The van der Waals surface area contributed by atoms with E-state index in [2.05, 4.69) is 14.9 Å². The Morgan fingerprint density at radius 3 is 2.53 bits per heavy atom. The predicted molar refractivity (Wildman–Crippen MR) is 116 cm³/mol. The lowest BCUT2D eigenvalue weighted by atomic mass is 10.00. The van der Waals surface area contributed by atoms with Crippen LogP contribution < -0.4 is 10.6 Å². The number of nitrogens with zero attached hydrogens (tertiary/aromatic N) is 1. The molecule has 0 aliphatic heterocycles. The molecule has 30 heavy (non-hydrogen) atoms. The molecule has 0 unspecified atom stereocenters. The number of aromatic amines is 1. The molecule has 0 atom stereocenters. The molecule has 2 aromatic heterocycles. The van der Waals surface area contributed by atoms with Crippen LogP contribution in [0.25, 0.3) is 22.4 Å². The van der Waals surface area contributed by atoms with E-state index in [1.807, 2.05) is 32.0 Å². The molecule has 8 nitrogen and oxygen atoms in total. The number of rotatable bonds is 7. The van der Waals surface area contributed by atoms with E-state index in [0.29, 0.717) is 11.4 Å². The molecule has 5 N–H and O–H groups in total. The van der Waals surface area contributed by atoms with Crippen LogP contribution in [0, 0.1) is 13.8 Å². The maximum absolute atomic E-state index is 12.6. The van der Waals surface area contributed by atoms with Crippen molar-refractivity contribution in [3.05, 3.63) is 53.9 Å². The molecule has 0 aliphatic rings. The molecule has 2 heterocycles. The molecule has 0 spiro atoms. The van der Waals surface area contributed by atoms with Gasteiger partial charge < -0.3 is 15.8 Å². The van der Waals surface area contributed by atoms with Gasteiger partial charge in [-0.15, -0.1) is 0 Å². The van der Waals surface area contributed by atoms with Crippen molar-refractivity contribution in [2.45, 2.75) is 38.2 Å². The minimum Gasteiger partial charge on any atom is -0.388 e. The van der Waals surface area contributed by atoms with Crippen LogP contribution in [0.1, 0.15) is 25.1 Å². The molecule has 9 heteroatoms. The van der Waals surface area contributed by atoms with Crippen LogP contribution >= 0.6 is 0 Å². The summed E-state index contributed by atoms with van der Waals surface area (Å²) in [6.07, 6.45) is 1.62. The van der Waals surface area contributed by atoms with Gasteiger partial charge in [0.2, 0.25) is 0 Å². The van der Waals surface area contributed by atoms with Crippen molar-refractivity contribution in [2.75, 3.05) is 12.3 Å². The highest BCUT2D eigenvalue weighted by Gasteiger charge is 2.20. The fourth-order valence-electron chi connectivity index (χ4n) is 2.91. The Balaban J connectivity index is 1.96. The lowest BCUT2D eigenvalue weighted by molar-refractivity contribution is -0.0380. The van der Waals surface area contributed by atoms with Crippen LogP contribution in [0.5, 0.6) is 0 Å². The quantitative estimate of drug-likeness (QED) is 0.426. The Hall–Kier alpha value is -2.72. The molecule has 3 rings (SSSR count). The highest BCUT2D eigenvalue weighted by Crippen LogP contribution is 2.32. The maximum Gasteiger partial charge on any atom is 0.262 e. The monoisotopic (exact) mass is 430 g/mol. The van der Waals surface area contributed by atoms with E-state index < -0.39 is 15.6 Å². The van der Waals surface area contributed by atoms with Gasteiger partial charge in [0.05, 0.1) is 17.1 Å². The van der Waals surface area contributed by atoms with Gasteiger partial charge in [-0.3, -0.25) is 4.84 Å². The van der Waals surface area contributed by atoms with E-state index in [1.165, 1.54) is 19.9 Å². The second-order valence-electron chi connectivity index (χ2n) is 7.88. The number of nitrogens with two attached hydrogens (primary N) is 1. The second kappa shape index (κ2) is 8.19. The molecule has 0 fully saturated rings. The number of H-pyrrole nitrogens is 1. The summed E-state index contributed by atoms with van der Waals surface area (Å²) < 4.78 is 25.2. The van der Waals surface area contributed by atoms with Gasteiger partial charge in [-0.2, -0.15) is 0 Å². The van der Waals surface area contributed by atoms with Gasteiger partial charge >= 0.3 is 0 Å². The van der Waals surface area contributed by atoms with Crippen molar-refractivity contribution < 1.29 is 18.4 Å². The first-order valence-corrected chi connectivity index (χ1v) is 10.8. The number of aliphatic hydroxyl groups is 1. The summed E-state index contributed by atoms with van der Waals surface area (Å²) in [6.45, 7) is 6.68. The van der Waals surface area contributed by atoms with Crippen molar-refractivity contribution in [2.24, 2.45) is 0 Å². The fourth-order valence-corrected chi connectivity index (χ4v) is 3.74. The molecule has 0 saturated carbocycles. The zero-order chi connectivity index (χ0) is 22.1. The van der Waals surface area contributed by atoms with Gasteiger partial charge in [0.1, 0.15) is 5.82 Å². The lowest BCUT2D eigenvalue weighted by Gasteiger charge is -2.17. The summed E-state index contributed by atoms with van der Waals surface area (Å²) in [6, 6.07) is 10.5. The molecule has 0 aliphatic carbocycles. The van der Waals surface area contributed by atoms with Gasteiger partial charge in [-0.05, 0) is 69.2 Å². The molecule has 0 saturated heterocycles. The third-order valence-electron chi connectivity index (χ3n) is 4.46. The zero-order valence-electron chi connectivity index (χ0n) is 17.4. The average Bonchev–Trinajstić information content (AvgIpc) is 3.07. The first-order chi connectivity index (χ1) is 14.0. The number of hydrogen-bond acceptors (Lipinski definition) is 6. The van der Waals surface area contributed by atoms with Gasteiger partial charge in [0.15, 0.2) is 0 Å². The summed E-state index contributed by atoms with van der Waals surface area (Å²) >= 11 is 0. The van der Waals surface area contributed by atoms with E-state index in [1.54, 1.807) is 18.3 Å². The summed E-state index contributed by atoms with van der Waals surface area (Å²) in [5, 5.41) is 9.68. The molecule has 160 valence electrons. The number of nitrogens with one attached hydrogen (secondary N) is 2. The van der Waals surface area contributed by atoms with Crippen LogP contribution in [0.3, 0.4) is 0 Å². The second-order valence-corrected chi connectivity index (χ2v) is 9.52. The first kappa shape index (κ1) is 22.0. The van der Waals surface area contributed by atoms with E-state index >= 15 is 0 Å². The number of hydrogen-bond donors (Lipinski definition) is 4. The Morgan fingerprint density at radius 2 is 1.90 bits per heavy atom. The highest BCUT2D eigenvalue weighted by molar-refractivity contribution is 7.89. The number of pyridine rings is 1. The SMILES string of the molecule is Cc1ccc(-c2cc(-c3cc(S(=O)(=O)NOCC(C)(C)O)ccc3C)cnc2N)[nH]1. The number of anilines is 1. The van der Waals surface area contributed by atoms with Gasteiger partial charge in [0, 0.05) is 28.7 Å². The fraction of sp³-hybridized carbons (Fsp3) is 0.286.